The van der Waals surface area contributed by atoms with Crippen molar-refractivity contribution in [2.45, 2.75) is 412 Å². The van der Waals surface area contributed by atoms with Crippen LogP contribution in [-0.2, 0) is 76.7 Å². The number of carbonyl (C=O) groups excluding carboxylic acids is 16. The SMILES string of the molecule is CCCNC(=O)CCCCC(=O)NCCCCCCNC(=O)CCCCC(=O)NCCCCCCNC(=O)CCCCC(=O)NCCCCCCNC(=O)CCCCC(=O)NCCCCCCNC(=O)CCCCC(=O)NCCCCCCNC(=O)CCCCC(=O)NCCCCCCNC(=O)CCCCC(=O)NCCCCCCNC(=O)CCCCC(=O)NCCC. The number of hydrogen-bond acceptors (Lipinski definition) is 16. The molecule has 0 aromatic carbocycles. The van der Waals surface area contributed by atoms with E-state index in [-0.39, 0.29) is 94.5 Å². The van der Waals surface area contributed by atoms with Crippen molar-refractivity contribution in [2.24, 2.45) is 0 Å². The fourth-order valence-electron chi connectivity index (χ4n) is 13.9. The van der Waals surface area contributed by atoms with Crippen molar-refractivity contribution in [3.05, 3.63) is 0 Å². The van der Waals surface area contributed by atoms with E-state index >= 15 is 0 Å². The van der Waals surface area contributed by atoms with Gasteiger partial charge in [0.05, 0.1) is 0 Å². The van der Waals surface area contributed by atoms with Crippen LogP contribution >= 0.6 is 0 Å². The Morgan fingerprint density at radius 3 is 0.242 bits per heavy atom. The molecule has 0 saturated carbocycles. The van der Waals surface area contributed by atoms with Crippen LogP contribution in [0.1, 0.15) is 412 Å². The van der Waals surface area contributed by atoms with E-state index in [1.807, 2.05) is 13.8 Å². The highest BCUT2D eigenvalue weighted by atomic mass is 16.2. The maximum atomic E-state index is 12.3. The fourth-order valence-corrected chi connectivity index (χ4v) is 13.9. The van der Waals surface area contributed by atoms with Gasteiger partial charge in [-0.05, 0) is 205 Å². The second-order valence-corrected chi connectivity index (χ2v) is 34.2. The predicted octanol–water partition coefficient (Wildman–Crippen LogP) is 11.1. The molecular formula is C96H178N16O16. The van der Waals surface area contributed by atoms with Crippen LogP contribution in [0, 0.1) is 0 Å². The molecule has 0 aliphatic carbocycles. The first-order chi connectivity index (χ1) is 62.2. The molecule has 32 nitrogen and oxygen atoms in total. The van der Waals surface area contributed by atoms with E-state index in [9.17, 15) is 76.7 Å². The first-order valence-electron chi connectivity index (χ1n) is 50.5. The van der Waals surface area contributed by atoms with E-state index in [1.54, 1.807) is 0 Å². The van der Waals surface area contributed by atoms with E-state index in [1.165, 1.54) is 0 Å². The summed E-state index contributed by atoms with van der Waals surface area (Å²) in [5, 5.41) is 47.0. The molecule has 0 aliphatic rings. The van der Waals surface area contributed by atoms with E-state index in [0.29, 0.717) is 310 Å². The summed E-state index contributed by atoms with van der Waals surface area (Å²) < 4.78 is 0. The first kappa shape index (κ1) is 120. The van der Waals surface area contributed by atoms with Gasteiger partial charge in [-0.15, -0.1) is 0 Å². The van der Waals surface area contributed by atoms with Crippen LogP contribution in [0.4, 0.5) is 0 Å². The average Bonchev–Trinajstić information content (AvgIpc) is 0.916. The number of amides is 16. The molecule has 0 radical (unpaired) electrons. The van der Waals surface area contributed by atoms with E-state index in [2.05, 4.69) is 85.1 Å². The van der Waals surface area contributed by atoms with Crippen molar-refractivity contribution in [2.75, 3.05) is 105 Å². The van der Waals surface area contributed by atoms with Crippen molar-refractivity contribution in [3.8, 4) is 0 Å². The molecule has 128 heavy (non-hydrogen) atoms. The summed E-state index contributed by atoms with van der Waals surface area (Å²) in [7, 11) is 0. The van der Waals surface area contributed by atoms with E-state index in [4.69, 9.17) is 0 Å². The molecule has 16 N–H and O–H groups in total. The molecule has 0 rings (SSSR count). The lowest BCUT2D eigenvalue weighted by Crippen LogP contribution is -2.26. The van der Waals surface area contributed by atoms with Gasteiger partial charge in [0.2, 0.25) is 94.5 Å². The quantitative estimate of drug-likeness (QED) is 0.0252. The third-order valence-electron chi connectivity index (χ3n) is 21.8. The predicted molar refractivity (Wildman–Crippen MR) is 506 cm³/mol. The lowest BCUT2D eigenvalue weighted by Gasteiger charge is -2.08. The standard InChI is InChI=1S/C96H178N16O16/c1-3-65-97-81(113)49-19-21-51-83(115)99-67-35-5-7-37-69-101-85(117)53-23-25-55-87(119)103-71-39-9-11-41-73-105-89(121)57-27-29-59-91(123)107-75-43-13-15-45-77-109-93(125)61-31-33-63-95(127)111-79-47-17-18-48-80-112-96(128)64-34-32-62-94(126)110-78-46-16-14-44-76-108-92(124)60-30-28-58-90(122)106-74-42-12-10-40-72-104-88(120)56-26-24-54-86(118)102-70-38-8-6-36-68-100-84(116)52-22-20-50-82(114)98-66-4-2/h3-80H2,1-2H3,(H,97,113)(H,98,114)(H,99,115)(H,100,116)(H,101,117)(H,102,118)(H,103,119)(H,104,120)(H,105,121)(H,106,122)(H,107,123)(H,108,124)(H,109,125)(H,110,126)(H,111,127)(H,112,128). The maximum Gasteiger partial charge on any atom is 0.219 e. The molecule has 0 atom stereocenters. The van der Waals surface area contributed by atoms with Gasteiger partial charge in [0.1, 0.15) is 0 Å². The molecule has 0 heterocycles. The fraction of sp³-hybridized carbons (Fsp3) is 0.833. The van der Waals surface area contributed by atoms with Crippen LogP contribution in [-0.4, -0.2) is 199 Å². The van der Waals surface area contributed by atoms with Crippen LogP contribution in [0.2, 0.25) is 0 Å². The second kappa shape index (κ2) is 91.8. The van der Waals surface area contributed by atoms with Gasteiger partial charge in [-0.2, -0.15) is 0 Å². The third-order valence-corrected chi connectivity index (χ3v) is 21.8. The largest absolute Gasteiger partial charge is 0.356 e. The molecule has 0 fully saturated rings. The number of hydrogen-bond donors (Lipinski definition) is 16. The summed E-state index contributed by atoms with van der Waals surface area (Å²) >= 11 is 0. The van der Waals surface area contributed by atoms with Gasteiger partial charge in [-0.3, -0.25) is 76.7 Å². The normalized spacial score (nSPS) is 10.9. The maximum absolute atomic E-state index is 12.3. The molecule has 738 valence electrons. The zero-order chi connectivity index (χ0) is 93.7. The van der Waals surface area contributed by atoms with Gasteiger partial charge >= 0.3 is 0 Å². The number of unbranched alkanes of at least 4 members (excludes halogenated alkanes) is 29. The summed E-state index contributed by atoms with van der Waals surface area (Å²) in [5.74, 6) is 0.0158. The zero-order valence-corrected chi connectivity index (χ0v) is 79.7. The topological polar surface area (TPSA) is 466 Å². The second-order valence-electron chi connectivity index (χ2n) is 34.2. The first-order valence-corrected chi connectivity index (χ1v) is 50.5. The molecule has 0 aromatic heterocycles. The van der Waals surface area contributed by atoms with Crippen molar-refractivity contribution in [1.82, 2.24) is 85.1 Å². The Hall–Kier alpha value is -8.48. The van der Waals surface area contributed by atoms with Crippen LogP contribution < -0.4 is 85.1 Å². The highest BCUT2D eigenvalue weighted by Gasteiger charge is 2.14. The lowest BCUT2D eigenvalue weighted by molar-refractivity contribution is -0.123. The molecular weight excluding hydrogens is 1630 g/mol. The zero-order valence-electron chi connectivity index (χ0n) is 79.7. The Labute approximate surface area is 769 Å². The molecule has 0 aromatic rings. The molecule has 0 unspecified atom stereocenters. The van der Waals surface area contributed by atoms with Gasteiger partial charge in [0.15, 0.2) is 0 Å². The van der Waals surface area contributed by atoms with Crippen molar-refractivity contribution in [3.63, 3.8) is 0 Å². The number of rotatable bonds is 93. The third kappa shape index (κ3) is 90.9. The molecule has 0 spiro atoms. The Morgan fingerprint density at radius 1 is 0.102 bits per heavy atom. The minimum absolute atomic E-state index is 0.00119. The number of nitrogens with one attached hydrogen (secondary N) is 16. The Bertz CT molecular complexity index is 2720. The van der Waals surface area contributed by atoms with Gasteiger partial charge in [0.25, 0.3) is 0 Å². The van der Waals surface area contributed by atoms with Crippen LogP contribution in [0.25, 0.3) is 0 Å². The molecule has 16 amide bonds. The highest BCUT2D eigenvalue weighted by Crippen LogP contribution is 2.12. The van der Waals surface area contributed by atoms with Gasteiger partial charge in [0, 0.05) is 207 Å². The number of carbonyl (C=O) groups is 16. The monoisotopic (exact) mass is 1810 g/mol. The molecule has 32 heteroatoms. The van der Waals surface area contributed by atoms with Crippen molar-refractivity contribution in [1.29, 1.82) is 0 Å². The van der Waals surface area contributed by atoms with Crippen LogP contribution in [0.3, 0.4) is 0 Å². The van der Waals surface area contributed by atoms with E-state index in [0.717, 1.165) is 193 Å². The Kier molecular flexibility index (Phi) is 85.7. The Balaban J connectivity index is 3.54. The average molecular weight is 1810 g/mol. The van der Waals surface area contributed by atoms with Crippen LogP contribution in [0.5, 0.6) is 0 Å². The molecule has 0 bridgehead atoms. The van der Waals surface area contributed by atoms with E-state index < -0.39 is 0 Å². The van der Waals surface area contributed by atoms with Crippen molar-refractivity contribution >= 4 is 94.5 Å². The summed E-state index contributed by atoms with van der Waals surface area (Å²) in [6.07, 6.45) is 44.1. The minimum Gasteiger partial charge on any atom is -0.356 e. The molecule has 0 saturated heterocycles. The summed E-state index contributed by atoms with van der Waals surface area (Å²) in [5.41, 5.74) is 0. The molecule has 0 aliphatic heterocycles. The lowest BCUT2D eigenvalue weighted by atomic mass is 10.1. The van der Waals surface area contributed by atoms with Gasteiger partial charge < -0.3 is 85.1 Å². The van der Waals surface area contributed by atoms with Gasteiger partial charge in [-0.25, -0.2) is 0 Å². The van der Waals surface area contributed by atoms with Crippen molar-refractivity contribution < 1.29 is 76.7 Å². The summed E-state index contributed by atoms with van der Waals surface area (Å²) in [4.78, 5) is 195. The Morgan fingerprint density at radius 2 is 0.172 bits per heavy atom. The summed E-state index contributed by atoms with van der Waals surface area (Å²) in [6.45, 7) is 13.9. The minimum atomic E-state index is -0.0156. The summed E-state index contributed by atoms with van der Waals surface area (Å²) in [6, 6.07) is 0. The highest BCUT2D eigenvalue weighted by molar-refractivity contribution is 5.82. The van der Waals surface area contributed by atoms with Crippen LogP contribution in [0.15, 0.2) is 0 Å². The van der Waals surface area contributed by atoms with Gasteiger partial charge in [-0.1, -0.05) is 104 Å². The smallest absolute Gasteiger partial charge is 0.219 e.